The summed E-state index contributed by atoms with van der Waals surface area (Å²) in [5.41, 5.74) is -0.112. The molecule has 20 heavy (non-hydrogen) atoms. The molecule has 5 heteroatoms. The Morgan fingerprint density at radius 2 is 1.90 bits per heavy atom. The van der Waals surface area contributed by atoms with Gasteiger partial charge in [0.25, 0.3) is 0 Å². The van der Waals surface area contributed by atoms with Gasteiger partial charge < -0.3 is 14.8 Å². The van der Waals surface area contributed by atoms with Gasteiger partial charge in [0.1, 0.15) is 18.2 Å². The largest absolute Gasteiger partial charge is 0.475 e. The molecule has 0 saturated heterocycles. The second-order valence-corrected chi connectivity index (χ2v) is 6.23. The first-order valence-electron chi connectivity index (χ1n) is 7.10. The van der Waals surface area contributed by atoms with Gasteiger partial charge in [-0.05, 0) is 5.92 Å². The zero-order valence-corrected chi connectivity index (χ0v) is 13.5. The van der Waals surface area contributed by atoms with Crippen molar-refractivity contribution in [3.63, 3.8) is 0 Å². The molecule has 0 aliphatic heterocycles. The van der Waals surface area contributed by atoms with E-state index in [9.17, 15) is 0 Å². The van der Waals surface area contributed by atoms with Crippen LogP contribution in [0.3, 0.4) is 0 Å². The summed E-state index contributed by atoms with van der Waals surface area (Å²) >= 11 is 0. The highest BCUT2D eigenvalue weighted by Crippen LogP contribution is 2.23. The number of rotatable bonds is 7. The van der Waals surface area contributed by atoms with E-state index in [4.69, 9.17) is 9.47 Å². The fourth-order valence-corrected chi connectivity index (χ4v) is 1.49. The third-order valence-corrected chi connectivity index (χ3v) is 2.56. The summed E-state index contributed by atoms with van der Waals surface area (Å²) in [6, 6.07) is 1.80. The molecule has 5 nitrogen and oxygen atoms in total. The van der Waals surface area contributed by atoms with Crippen LogP contribution in [0.5, 0.6) is 5.88 Å². The molecule has 0 saturated carbocycles. The van der Waals surface area contributed by atoms with Crippen molar-refractivity contribution in [2.45, 2.75) is 40.0 Å². The molecule has 0 spiro atoms. The summed E-state index contributed by atoms with van der Waals surface area (Å²) in [7, 11) is 1.84. The topological polar surface area (TPSA) is 56.3 Å². The van der Waals surface area contributed by atoms with Crippen molar-refractivity contribution in [3.05, 3.63) is 11.9 Å². The van der Waals surface area contributed by atoms with Gasteiger partial charge in [0.2, 0.25) is 5.88 Å². The lowest BCUT2D eigenvalue weighted by atomic mass is 9.96. The summed E-state index contributed by atoms with van der Waals surface area (Å²) < 4.78 is 11.1. The number of hydrogen-bond acceptors (Lipinski definition) is 5. The number of aromatic nitrogens is 2. The van der Waals surface area contributed by atoms with Crippen LogP contribution in [-0.2, 0) is 10.2 Å². The van der Waals surface area contributed by atoms with Crippen molar-refractivity contribution in [1.82, 2.24) is 9.97 Å². The maximum absolute atomic E-state index is 5.65. The third-order valence-electron chi connectivity index (χ3n) is 2.56. The molecule has 0 atom stereocenters. The minimum atomic E-state index is -0.112. The van der Waals surface area contributed by atoms with Crippen LogP contribution >= 0.6 is 0 Å². The number of nitrogens with one attached hydrogen (secondary N) is 1. The predicted molar refractivity (Wildman–Crippen MR) is 81.4 cm³/mol. The molecule has 1 aromatic heterocycles. The van der Waals surface area contributed by atoms with Gasteiger partial charge in [0.05, 0.1) is 6.61 Å². The summed E-state index contributed by atoms with van der Waals surface area (Å²) in [4.78, 5) is 8.91. The van der Waals surface area contributed by atoms with Gasteiger partial charge in [0.15, 0.2) is 0 Å². The molecule has 0 aliphatic carbocycles. The van der Waals surface area contributed by atoms with Crippen molar-refractivity contribution >= 4 is 5.82 Å². The van der Waals surface area contributed by atoms with Crippen molar-refractivity contribution < 1.29 is 9.47 Å². The molecule has 0 aliphatic rings. The van der Waals surface area contributed by atoms with Crippen LogP contribution in [0.15, 0.2) is 6.07 Å². The molecule has 0 fully saturated rings. The van der Waals surface area contributed by atoms with E-state index in [1.807, 2.05) is 7.05 Å². The SMILES string of the molecule is CNc1cc(OCCOCC(C)C)nc(C(C)(C)C)n1. The molecule has 1 rings (SSSR count). The maximum Gasteiger partial charge on any atom is 0.218 e. The Morgan fingerprint density at radius 3 is 2.45 bits per heavy atom. The highest BCUT2D eigenvalue weighted by atomic mass is 16.5. The molecule has 114 valence electrons. The van der Waals surface area contributed by atoms with E-state index in [2.05, 4.69) is 49.9 Å². The zero-order valence-electron chi connectivity index (χ0n) is 13.5. The first-order valence-corrected chi connectivity index (χ1v) is 7.10. The summed E-state index contributed by atoms with van der Waals surface area (Å²) in [6.07, 6.45) is 0. The Labute approximate surface area is 122 Å². The van der Waals surface area contributed by atoms with Gasteiger partial charge in [-0.1, -0.05) is 34.6 Å². The summed E-state index contributed by atoms with van der Waals surface area (Å²) in [5.74, 6) is 2.66. The van der Waals surface area contributed by atoms with Crippen LogP contribution in [0.1, 0.15) is 40.4 Å². The van der Waals surface area contributed by atoms with E-state index in [1.54, 1.807) is 6.07 Å². The van der Waals surface area contributed by atoms with E-state index in [0.29, 0.717) is 25.0 Å². The molecule has 0 unspecified atom stereocenters. The van der Waals surface area contributed by atoms with Crippen LogP contribution < -0.4 is 10.1 Å². The van der Waals surface area contributed by atoms with E-state index >= 15 is 0 Å². The second-order valence-electron chi connectivity index (χ2n) is 6.23. The number of hydrogen-bond donors (Lipinski definition) is 1. The van der Waals surface area contributed by atoms with Gasteiger partial charge in [-0.3, -0.25) is 0 Å². The normalized spacial score (nSPS) is 11.8. The van der Waals surface area contributed by atoms with E-state index in [1.165, 1.54) is 0 Å². The fourth-order valence-electron chi connectivity index (χ4n) is 1.49. The standard InChI is InChI=1S/C15H27N3O2/c1-11(2)10-19-7-8-20-13-9-12(16-6)17-14(18-13)15(3,4)5/h9,11H,7-8,10H2,1-6H3,(H,16,17,18). The minimum absolute atomic E-state index is 0.112. The maximum atomic E-state index is 5.65. The summed E-state index contributed by atoms with van der Waals surface area (Å²) in [6.45, 7) is 12.3. The number of anilines is 1. The highest BCUT2D eigenvalue weighted by molar-refractivity contribution is 5.38. The lowest BCUT2D eigenvalue weighted by Crippen LogP contribution is -2.18. The number of ether oxygens (including phenoxy) is 2. The Kier molecular flexibility index (Phi) is 6.20. The summed E-state index contributed by atoms with van der Waals surface area (Å²) in [5, 5.41) is 3.03. The van der Waals surface area contributed by atoms with Gasteiger partial charge in [-0.2, -0.15) is 4.98 Å². The molecule has 1 aromatic rings. The highest BCUT2D eigenvalue weighted by Gasteiger charge is 2.19. The van der Waals surface area contributed by atoms with Crippen LogP contribution in [0.2, 0.25) is 0 Å². The third kappa shape index (κ3) is 5.74. The van der Waals surface area contributed by atoms with E-state index in [-0.39, 0.29) is 5.41 Å². The smallest absolute Gasteiger partial charge is 0.218 e. The lowest BCUT2D eigenvalue weighted by molar-refractivity contribution is 0.0804. The van der Waals surface area contributed by atoms with Crippen LogP contribution in [0.4, 0.5) is 5.82 Å². The molecular formula is C15H27N3O2. The first kappa shape index (κ1) is 16.7. The average Bonchev–Trinajstić information content (AvgIpc) is 2.36. The lowest BCUT2D eigenvalue weighted by Gasteiger charge is -2.18. The van der Waals surface area contributed by atoms with Gasteiger partial charge in [0, 0.05) is 25.1 Å². The predicted octanol–water partition coefficient (Wildman–Crippen LogP) is 2.87. The molecule has 0 amide bonds. The molecular weight excluding hydrogens is 254 g/mol. The Balaban J connectivity index is 2.61. The Bertz CT molecular complexity index is 414. The first-order chi connectivity index (χ1) is 9.32. The van der Waals surface area contributed by atoms with Gasteiger partial charge in [-0.25, -0.2) is 4.98 Å². The van der Waals surface area contributed by atoms with Crippen LogP contribution in [-0.4, -0.2) is 36.8 Å². The Hall–Kier alpha value is -1.36. The molecule has 1 N–H and O–H groups in total. The van der Waals surface area contributed by atoms with E-state index < -0.39 is 0 Å². The van der Waals surface area contributed by atoms with Crippen LogP contribution in [0, 0.1) is 5.92 Å². The van der Waals surface area contributed by atoms with Gasteiger partial charge in [-0.15, -0.1) is 0 Å². The van der Waals surface area contributed by atoms with Crippen molar-refractivity contribution in [3.8, 4) is 5.88 Å². The minimum Gasteiger partial charge on any atom is -0.475 e. The monoisotopic (exact) mass is 281 g/mol. The van der Waals surface area contributed by atoms with Crippen molar-refractivity contribution in [2.75, 3.05) is 32.2 Å². The van der Waals surface area contributed by atoms with Crippen molar-refractivity contribution in [2.24, 2.45) is 5.92 Å². The van der Waals surface area contributed by atoms with E-state index in [0.717, 1.165) is 18.2 Å². The average molecular weight is 281 g/mol. The molecule has 1 heterocycles. The molecule has 0 bridgehead atoms. The quantitative estimate of drug-likeness (QED) is 0.779. The fraction of sp³-hybridized carbons (Fsp3) is 0.733. The van der Waals surface area contributed by atoms with Crippen LogP contribution in [0.25, 0.3) is 0 Å². The second kappa shape index (κ2) is 7.43. The molecule has 0 radical (unpaired) electrons. The zero-order chi connectivity index (χ0) is 15.2. The Morgan fingerprint density at radius 1 is 1.20 bits per heavy atom. The van der Waals surface area contributed by atoms with Gasteiger partial charge >= 0.3 is 0 Å². The van der Waals surface area contributed by atoms with Crippen molar-refractivity contribution in [1.29, 1.82) is 0 Å². The molecule has 0 aromatic carbocycles. The number of nitrogens with zero attached hydrogens (tertiary/aromatic N) is 2.